The largest absolute Gasteiger partial charge is 0.392 e. The van der Waals surface area contributed by atoms with Gasteiger partial charge in [-0.3, -0.25) is 0 Å². The van der Waals surface area contributed by atoms with Gasteiger partial charge in [0.05, 0.1) is 12.2 Å². The minimum Gasteiger partial charge on any atom is -0.392 e. The van der Waals surface area contributed by atoms with Gasteiger partial charge in [-0.05, 0) is 83.7 Å². The summed E-state index contributed by atoms with van der Waals surface area (Å²) >= 11 is 0. The highest BCUT2D eigenvalue weighted by molar-refractivity contribution is 5.24. The molecule has 0 saturated heterocycles. The van der Waals surface area contributed by atoms with Crippen LogP contribution in [0.2, 0.25) is 0 Å². The first-order valence-electron chi connectivity index (χ1n) is 11.6. The number of rotatable bonds is 11. The normalized spacial score (nSPS) is 27.1. The maximum Gasteiger partial charge on any atom is 0.0761 e. The second-order valence-corrected chi connectivity index (χ2v) is 9.54. The lowest BCUT2D eigenvalue weighted by Gasteiger charge is -2.19. The third kappa shape index (κ3) is 6.78. The number of fused-ring (bicyclic) bond motifs is 1. The number of aliphatic hydroxyl groups is 2. The molecular weight excluding hydrogens is 372 g/mol. The number of aryl methyl sites for hydroxylation is 1. The van der Waals surface area contributed by atoms with Crippen LogP contribution in [0.5, 0.6) is 0 Å². The van der Waals surface area contributed by atoms with E-state index in [1.807, 2.05) is 12.1 Å². The molecular formula is C26H40N2O2. The first-order chi connectivity index (χ1) is 14.4. The molecule has 3 N–H and O–H groups in total. The molecule has 166 valence electrons. The Labute approximate surface area is 182 Å². The smallest absolute Gasteiger partial charge is 0.0761 e. The molecule has 0 spiro atoms. The van der Waals surface area contributed by atoms with Crippen molar-refractivity contribution in [3.05, 3.63) is 59.2 Å². The molecule has 4 nitrogen and oxygen atoms in total. The van der Waals surface area contributed by atoms with Gasteiger partial charge >= 0.3 is 0 Å². The molecule has 1 fully saturated rings. The monoisotopic (exact) mass is 412 g/mol. The van der Waals surface area contributed by atoms with E-state index in [4.69, 9.17) is 0 Å². The van der Waals surface area contributed by atoms with Crippen molar-refractivity contribution in [3.8, 4) is 0 Å². The highest BCUT2D eigenvalue weighted by Crippen LogP contribution is 2.47. The van der Waals surface area contributed by atoms with Crippen molar-refractivity contribution in [2.24, 2.45) is 17.8 Å². The maximum absolute atomic E-state index is 10.6. The Kier molecular flexibility index (Phi) is 8.70. The van der Waals surface area contributed by atoms with Crippen LogP contribution in [0.25, 0.3) is 0 Å². The Hall–Kier alpha value is -1.46. The number of nitrogens with one attached hydrogen (secondary N) is 1. The van der Waals surface area contributed by atoms with Gasteiger partial charge in [-0.1, -0.05) is 53.6 Å². The molecule has 5 atom stereocenters. The molecule has 0 bridgehead atoms. The van der Waals surface area contributed by atoms with E-state index in [9.17, 15) is 10.2 Å². The molecule has 2 aliphatic rings. The predicted molar refractivity (Wildman–Crippen MR) is 124 cm³/mol. The highest BCUT2D eigenvalue weighted by atomic mass is 16.3. The van der Waals surface area contributed by atoms with E-state index in [0.717, 1.165) is 44.5 Å². The van der Waals surface area contributed by atoms with E-state index >= 15 is 0 Å². The molecule has 30 heavy (non-hydrogen) atoms. The van der Waals surface area contributed by atoms with E-state index in [1.54, 1.807) is 0 Å². The standard InChI is InChI=1S/C26H40N2O2/c1-19-6-4-7-20(14-19)16-23(29)8-9-24-25-17-21(15-22(25)18-26(24)30)10-12-27-11-5-13-28(2)3/h4,6-9,14-15,22-27,29-30H,5,10-13,16-18H2,1-3H3/b9-8+/t22-,23+,24+,25-,26+/m0/s1. The maximum atomic E-state index is 10.6. The van der Waals surface area contributed by atoms with Crippen molar-refractivity contribution in [2.45, 2.75) is 51.2 Å². The lowest BCUT2D eigenvalue weighted by molar-refractivity contribution is 0.140. The van der Waals surface area contributed by atoms with Crippen molar-refractivity contribution in [3.63, 3.8) is 0 Å². The summed E-state index contributed by atoms with van der Waals surface area (Å²) in [6.45, 7) is 5.31. The molecule has 3 rings (SSSR count). The third-order valence-corrected chi connectivity index (χ3v) is 6.61. The highest BCUT2D eigenvalue weighted by Gasteiger charge is 2.43. The van der Waals surface area contributed by atoms with Crippen LogP contribution in [0.4, 0.5) is 0 Å². The predicted octanol–water partition coefficient (Wildman–Crippen LogP) is 3.33. The Balaban J connectivity index is 1.44. The van der Waals surface area contributed by atoms with Gasteiger partial charge < -0.3 is 20.4 Å². The first-order valence-corrected chi connectivity index (χ1v) is 11.6. The summed E-state index contributed by atoms with van der Waals surface area (Å²) in [5.74, 6) is 1.14. The van der Waals surface area contributed by atoms with Gasteiger partial charge in [0.25, 0.3) is 0 Å². The fourth-order valence-electron chi connectivity index (χ4n) is 5.09. The van der Waals surface area contributed by atoms with Gasteiger partial charge in [-0.15, -0.1) is 0 Å². The minimum atomic E-state index is -0.502. The molecule has 0 heterocycles. The molecule has 1 aromatic rings. The van der Waals surface area contributed by atoms with Crippen molar-refractivity contribution in [2.75, 3.05) is 33.7 Å². The Morgan fingerprint density at radius 2 is 2.10 bits per heavy atom. The Morgan fingerprint density at radius 3 is 2.87 bits per heavy atom. The molecule has 0 amide bonds. The summed E-state index contributed by atoms with van der Waals surface area (Å²) < 4.78 is 0. The summed E-state index contributed by atoms with van der Waals surface area (Å²) in [5, 5.41) is 24.6. The van der Waals surface area contributed by atoms with Crippen molar-refractivity contribution in [1.29, 1.82) is 0 Å². The zero-order valence-electron chi connectivity index (χ0n) is 18.9. The number of nitrogens with zero attached hydrogens (tertiary/aromatic N) is 1. The van der Waals surface area contributed by atoms with Crippen LogP contribution in [0.1, 0.15) is 36.8 Å². The van der Waals surface area contributed by atoms with Crippen molar-refractivity contribution in [1.82, 2.24) is 10.2 Å². The van der Waals surface area contributed by atoms with Crippen LogP contribution in [0, 0.1) is 24.7 Å². The molecule has 4 heteroatoms. The quantitative estimate of drug-likeness (QED) is 0.385. The summed E-state index contributed by atoms with van der Waals surface area (Å²) in [6, 6.07) is 8.30. The van der Waals surface area contributed by atoms with Crippen molar-refractivity contribution < 1.29 is 10.2 Å². The summed E-state index contributed by atoms with van der Waals surface area (Å²) in [6.07, 6.45) is 10.5. The first kappa shape index (κ1) is 23.2. The van der Waals surface area contributed by atoms with Gasteiger partial charge in [-0.2, -0.15) is 0 Å². The molecule has 0 aromatic heterocycles. The van der Waals surface area contributed by atoms with E-state index in [1.165, 1.54) is 17.6 Å². The van der Waals surface area contributed by atoms with Gasteiger partial charge in [0.1, 0.15) is 0 Å². The molecule has 1 aromatic carbocycles. The molecule has 1 saturated carbocycles. The van der Waals surface area contributed by atoms with Crippen LogP contribution in [0.15, 0.2) is 48.1 Å². The van der Waals surface area contributed by atoms with Gasteiger partial charge in [-0.25, -0.2) is 0 Å². The zero-order chi connectivity index (χ0) is 21.5. The van der Waals surface area contributed by atoms with E-state index in [0.29, 0.717) is 18.3 Å². The summed E-state index contributed by atoms with van der Waals surface area (Å²) in [5.41, 5.74) is 3.91. The van der Waals surface area contributed by atoms with Crippen molar-refractivity contribution >= 4 is 0 Å². The van der Waals surface area contributed by atoms with Crippen LogP contribution >= 0.6 is 0 Å². The fraction of sp³-hybridized carbons (Fsp3) is 0.615. The number of hydrogen-bond acceptors (Lipinski definition) is 4. The number of benzene rings is 1. The fourth-order valence-corrected chi connectivity index (χ4v) is 5.09. The Bertz CT molecular complexity index is 727. The van der Waals surface area contributed by atoms with Crippen LogP contribution in [-0.4, -0.2) is 61.1 Å². The van der Waals surface area contributed by atoms with E-state index in [-0.39, 0.29) is 12.0 Å². The van der Waals surface area contributed by atoms with Gasteiger partial charge in [0.15, 0.2) is 0 Å². The SMILES string of the molecule is Cc1cccc(C[C@H](O)/C=C/[C@@H]2[C@H]3CC(CCNCCCN(C)C)=C[C@H]3C[C@H]2O)c1. The van der Waals surface area contributed by atoms with Gasteiger partial charge in [0, 0.05) is 12.3 Å². The molecule has 0 radical (unpaired) electrons. The second kappa shape index (κ2) is 11.2. The minimum absolute atomic E-state index is 0.156. The van der Waals surface area contributed by atoms with Crippen LogP contribution < -0.4 is 5.32 Å². The summed E-state index contributed by atoms with van der Waals surface area (Å²) in [7, 11) is 4.23. The van der Waals surface area contributed by atoms with E-state index in [2.05, 4.69) is 61.6 Å². The zero-order valence-corrected chi connectivity index (χ0v) is 18.9. The van der Waals surface area contributed by atoms with E-state index < -0.39 is 6.10 Å². The summed E-state index contributed by atoms with van der Waals surface area (Å²) in [4.78, 5) is 2.22. The number of hydrogen-bond donors (Lipinski definition) is 3. The van der Waals surface area contributed by atoms with Crippen LogP contribution in [0.3, 0.4) is 0 Å². The number of aliphatic hydroxyl groups excluding tert-OH is 2. The number of allylic oxidation sites excluding steroid dienone is 1. The molecule has 2 aliphatic carbocycles. The van der Waals surface area contributed by atoms with Gasteiger partial charge in [0.2, 0.25) is 0 Å². The Morgan fingerprint density at radius 1 is 1.27 bits per heavy atom. The van der Waals surface area contributed by atoms with Crippen LogP contribution in [-0.2, 0) is 6.42 Å². The second-order valence-electron chi connectivity index (χ2n) is 9.54. The third-order valence-electron chi connectivity index (χ3n) is 6.61. The topological polar surface area (TPSA) is 55.7 Å². The average Bonchev–Trinajstić information content (AvgIpc) is 3.19. The average molecular weight is 413 g/mol. The lowest BCUT2D eigenvalue weighted by Crippen LogP contribution is -2.22. The molecule has 0 aliphatic heterocycles. The molecule has 0 unspecified atom stereocenters. The lowest BCUT2D eigenvalue weighted by atomic mass is 9.88.